The number of piperidine rings is 1. The number of nitrogens with zero attached hydrogens (tertiary/aromatic N) is 2. The van der Waals surface area contributed by atoms with Crippen LogP contribution in [-0.4, -0.2) is 36.2 Å². The number of benzene rings is 2. The van der Waals surface area contributed by atoms with Gasteiger partial charge in [0.05, 0.1) is 5.56 Å². The summed E-state index contributed by atoms with van der Waals surface area (Å²) in [5.41, 5.74) is 7.30. The number of halogens is 2. The molecule has 0 spiro atoms. The van der Waals surface area contributed by atoms with E-state index >= 15 is 0 Å². The van der Waals surface area contributed by atoms with Crippen LogP contribution in [-0.2, 0) is 0 Å². The Labute approximate surface area is 169 Å². The van der Waals surface area contributed by atoms with Gasteiger partial charge >= 0.3 is 0 Å². The van der Waals surface area contributed by atoms with Crippen molar-refractivity contribution in [1.29, 1.82) is 5.26 Å². The van der Waals surface area contributed by atoms with Gasteiger partial charge < -0.3 is 10.5 Å². The molecule has 4 atom stereocenters. The van der Waals surface area contributed by atoms with E-state index in [9.17, 15) is 8.78 Å². The first-order chi connectivity index (χ1) is 14.0. The highest BCUT2D eigenvalue weighted by Gasteiger charge is 2.41. The lowest BCUT2D eigenvalue weighted by Crippen LogP contribution is -2.51. The fourth-order valence-corrected chi connectivity index (χ4v) is 4.67. The molecule has 6 heteroatoms. The minimum Gasteiger partial charge on any atom is -0.489 e. The van der Waals surface area contributed by atoms with E-state index in [4.69, 9.17) is 15.7 Å². The zero-order valence-electron chi connectivity index (χ0n) is 16.2. The van der Waals surface area contributed by atoms with Crippen LogP contribution in [0.25, 0.3) is 0 Å². The van der Waals surface area contributed by atoms with Crippen LogP contribution in [0.5, 0.6) is 5.75 Å². The minimum atomic E-state index is -0.574. The molecule has 0 aromatic heterocycles. The van der Waals surface area contributed by atoms with E-state index in [0.717, 1.165) is 44.3 Å². The second-order valence-corrected chi connectivity index (χ2v) is 8.09. The average molecular weight is 397 g/mol. The summed E-state index contributed by atoms with van der Waals surface area (Å²) in [5.74, 6) is -0.148. The second-order valence-electron chi connectivity index (χ2n) is 8.09. The van der Waals surface area contributed by atoms with Crippen molar-refractivity contribution >= 4 is 0 Å². The Morgan fingerprint density at radius 3 is 2.59 bits per heavy atom. The van der Waals surface area contributed by atoms with Gasteiger partial charge in [-0.05, 0) is 68.0 Å². The Bertz CT molecular complexity index is 896. The van der Waals surface area contributed by atoms with E-state index in [0.29, 0.717) is 5.75 Å². The van der Waals surface area contributed by atoms with Crippen LogP contribution in [0.2, 0.25) is 0 Å². The summed E-state index contributed by atoms with van der Waals surface area (Å²) in [6.07, 6.45) is 3.61. The van der Waals surface area contributed by atoms with Gasteiger partial charge in [-0.25, -0.2) is 8.78 Å². The standard InChI is InChI=1S/C23H25F2N3O/c24-18-6-3-15(4-7-18)17-10-22(28-9-1-2-19(27)14-28)23(11-17)29-20-8-5-16(13-26)21(25)12-20/h3-8,12,17,19,22-23H,1-2,9-11,14,27H2. The van der Waals surface area contributed by atoms with Crippen LogP contribution in [0.15, 0.2) is 42.5 Å². The Hall–Kier alpha value is -2.49. The zero-order chi connectivity index (χ0) is 20.4. The lowest BCUT2D eigenvalue weighted by Gasteiger charge is -2.38. The van der Waals surface area contributed by atoms with Gasteiger partial charge in [0.25, 0.3) is 0 Å². The Kier molecular flexibility index (Phi) is 5.79. The van der Waals surface area contributed by atoms with Crippen molar-refractivity contribution in [3.63, 3.8) is 0 Å². The first-order valence-corrected chi connectivity index (χ1v) is 10.1. The fraction of sp³-hybridized carbons (Fsp3) is 0.435. The zero-order valence-corrected chi connectivity index (χ0v) is 16.2. The Balaban J connectivity index is 1.56. The number of nitrogens with two attached hydrogens (primary N) is 1. The molecule has 2 fully saturated rings. The van der Waals surface area contributed by atoms with Gasteiger partial charge in [0.1, 0.15) is 29.6 Å². The topological polar surface area (TPSA) is 62.3 Å². The first-order valence-electron chi connectivity index (χ1n) is 10.1. The molecule has 0 radical (unpaired) electrons. The lowest BCUT2D eigenvalue weighted by molar-refractivity contribution is 0.0680. The molecule has 4 unspecified atom stereocenters. The molecule has 29 heavy (non-hydrogen) atoms. The third-order valence-corrected chi connectivity index (χ3v) is 6.12. The number of likely N-dealkylation sites (tertiary alicyclic amines) is 1. The quantitative estimate of drug-likeness (QED) is 0.849. The van der Waals surface area contributed by atoms with Gasteiger partial charge in [0.15, 0.2) is 0 Å². The predicted octanol–water partition coefficient (Wildman–Crippen LogP) is 3.95. The van der Waals surface area contributed by atoms with Crippen LogP contribution < -0.4 is 10.5 Å². The molecule has 1 saturated carbocycles. The van der Waals surface area contributed by atoms with Crippen molar-refractivity contribution in [1.82, 2.24) is 4.90 Å². The molecular weight excluding hydrogens is 372 g/mol. The van der Waals surface area contributed by atoms with Crippen LogP contribution >= 0.6 is 0 Å². The van der Waals surface area contributed by atoms with Gasteiger partial charge in [0, 0.05) is 24.7 Å². The molecule has 2 N–H and O–H groups in total. The molecule has 1 aliphatic heterocycles. The van der Waals surface area contributed by atoms with Crippen LogP contribution in [0, 0.1) is 23.0 Å². The molecule has 2 aliphatic rings. The third-order valence-electron chi connectivity index (χ3n) is 6.12. The largest absolute Gasteiger partial charge is 0.489 e. The van der Waals surface area contributed by atoms with E-state index in [-0.39, 0.29) is 35.5 Å². The van der Waals surface area contributed by atoms with Crippen molar-refractivity contribution in [2.75, 3.05) is 13.1 Å². The molecule has 0 bridgehead atoms. The number of ether oxygens (including phenoxy) is 1. The fourth-order valence-electron chi connectivity index (χ4n) is 4.67. The molecule has 1 heterocycles. The van der Waals surface area contributed by atoms with Gasteiger partial charge in [-0.2, -0.15) is 5.26 Å². The molecule has 1 aliphatic carbocycles. The van der Waals surface area contributed by atoms with Crippen molar-refractivity contribution < 1.29 is 13.5 Å². The molecular formula is C23H25F2N3O. The SMILES string of the molecule is N#Cc1ccc(OC2CC(c3ccc(F)cc3)CC2N2CCCC(N)C2)cc1F. The van der Waals surface area contributed by atoms with Gasteiger partial charge in [0.2, 0.25) is 0 Å². The summed E-state index contributed by atoms with van der Waals surface area (Å²) >= 11 is 0. The Morgan fingerprint density at radius 2 is 1.90 bits per heavy atom. The number of hydrogen-bond acceptors (Lipinski definition) is 4. The summed E-state index contributed by atoms with van der Waals surface area (Å²) < 4.78 is 33.6. The summed E-state index contributed by atoms with van der Waals surface area (Å²) in [4.78, 5) is 2.39. The minimum absolute atomic E-state index is 0.00603. The molecule has 4 nitrogen and oxygen atoms in total. The monoisotopic (exact) mass is 397 g/mol. The van der Waals surface area contributed by atoms with Gasteiger partial charge in [-0.1, -0.05) is 12.1 Å². The number of rotatable bonds is 4. The van der Waals surface area contributed by atoms with Crippen molar-refractivity contribution in [2.45, 2.75) is 49.8 Å². The second kappa shape index (κ2) is 8.48. The number of nitriles is 1. The number of hydrogen-bond donors (Lipinski definition) is 1. The lowest BCUT2D eigenvalue weighted by atomic mass is 9.97. The van der Waals surface area contributed by atoms with E-state index in [2.05, 4.69) is 4.90 Å². The van der Waals surface area contributed by atoms with E-state index in [1.807, 2.05) is 18.2 Å². The highest BCUT2D eigenvalue weighted by atomic mass is 19.1. The molecule has 4 rings (SSSR count). The first kappa shape index (κ1) is 19.8. The van der Waals surface area contributed by atoms with Crippen LogP contribution in [0.1, 0.15) is 42.7 Å². The highest BCUT2D eigenvalue weighted by molar-refractivity contribution is 5.36. The summed E-state index contributed by atoms with van der Waals surface area (Å²) in [5, 5.41) is 8.93. The van der Waals surface area contributed by atoms with Crippen molar-refractivity contribution in [3.8, 4) is 11.8 Å². The van der Waals surface area contributed by atoms with E-state index < -0.39 is 5.82 Å². The smallest absolute Gasteiger partial charge is 0.144 e. The van der Waals surface area contributed by atoms with E-state index in [1.165, 1.54) is 24.3 Å². The van der Waals surface area contributed by atoms with Gasteiger partial charge in [-0.3, -0.25) is 4.90 Å². The van der Waals surface area contributed by atoms with Crippen molar-refractivity contribution in [2.24, 2.45) is 5.73 Å². The molecule has 152 valence electrons. The molecule has 2 aromatic carbocycles. The molecule has 1 saturated heterocycles. The maximum absolute atomic E-state index is 14.0. The molecule has 2 aromatic rings. The summed E-state index contributed by atoms with van der Waals surface area (Å²) in [7, 11) is 0. The maximum atomic E-state index is 14.0. The van der Waals surface area contributed by atoms with E-state index in [1.54, 1.807) is 6.07 Å². The third kappa shape index (κ3) is 4.42. The summed E-state index contributed by atoms with van der Waals surface area (Å²) in [6.45, 7) is 1.79. The van der Waals surface area contributed by atoms with Crippen LogP contribution in [0.3, 0.4) is 0 Å². The Morgan fingerprint density at radius 1 is 1.10 bits per heavy atom. The normalized spacial score (nSPS) is 27.5. The molecule has 0 amide bonds. The predicted molar refractivity (Wildman–Crippen MR) is 106 cm³/mol. The average Bonchev–Trinajstić information content (AvgIpc) is 3.12. The van der Waals surface area contributed by atoms with Crippen molar-refractivity contribution in [3.05, 3.63) is 65.2 Å². The van der Waals surface area contributed by atoms with Crippen LogP contribution in [0.4, 0.5) is 8.78 Å². The summed E-state index contributed by atoms with van der Waals surface area (Å²) in [6, 6.07) is 13.2. The maximum Gasteiger partial charge on any atom is 0.144 e. The highest BCUT2D eigenvalue weighted by Crippen LogP contribution is 2.40. The van der Waals surface area contributed by atoms with Gasteiger partial charge in [-0.15, -0.1) is 0 Å².